The van der Waals surface area contributed by atoms with Crippen LogP contribution in [0.15, 0.2) is 18.2 Å². The topological polar surface area (TPSA) is 50.9 Å². The number of hydrogen-bond acceptors (Lipinski definition) is 4. The molecule has 0 bridgehead atoms. The summed E-state index contributed by atoms with van der Waals surface area (Å²) in [7, 11) is 1.92. The highest BCUT2D eigenvalue weighted by Crippen LogP contribution is 2.25. The fourth-order valence-corrected chi connectivity index (χ4v) is 2.17. The molecule has 1 aromatic heterocycles. The minimum absolute atomic E-state index is 0.597. The van der Waals surface area contributed by atoms with E-state index >= 15 is 0 Å². The summed E-state index contributed by atoms with van der Waals surface area (Å²) < 4.78 is 1.10. The fraction of sp³-hybridized carbons (Fsp3) is 0.250. The second kappa shape index (κ2) is 4.97. The van der Waals surface area contributed by atoms with Gasteiger partial charge in [0.2, 0.25) is 0 Å². The Hall–Kier alpha value is -1.57. The van der Waals surface area contributed by atoms with Gasteiger partial charge in [-0.1, -0.05) is 29.2 Å². The average molecular weight is 231 g/mol. The smallest absolute Gasteiger partial charge is 0.181 e. The fourth-order valence-electron chi connectivity index (χ4n) is 1.41. The Balaban J connectivity index is 2.32. The van der Waals surface area contributed by atoms with Gasteiger partial charge in [0.25, 0.3) is 0 Å². The normalized spacial score (nSPS) is 10.1. The number of nitrogens with two attached hydrogens (primary N) is 1. The molecular weight excluding hydrogens is 218 g/mol. The molecule has 82 valence electrons. The van der Waals surface area contributed by atoms with Crippen molar-refractivity contribution in [2.75, 3.05) is 19.3 Å². The monoisotopic (exact) mass is 231 g/mol. The van der Waals surface area contributed by atoms with Crippen LogP contribution < -0.4 is 11.1 Å². The molecule has 0 aliphatic carbocycles. The number of nitrogens with one attached hydrogen (secondary N) is 1. The summed E-state index contributed by atoms with van der Waals surface area (Å²) in [5, 5.41) is 3.66. The van der Waals surface area contributed by atoms with Gasteiger partial charge in [-0.05, 0) is 19.2 Å². The molecule has 3 N–H and O–H groups in total. The molecule has 0 atom stereocenters. The third-order valence-corrected chi connectivity index (χ3v) is 3.01. The van der Waals surface area contributed by atoms with E-state index < -0.39 is 0 Å². The Morgan fingerprint density at radius 1 is 1.50 bits per heavy atom. The van der Waals surface area contributed by atoms with Crippen molar-refractivity contribution in [1.82, 2.24) is 10.3 Å². The molecule has 0 radical (unpaired) electrons. The molecule has 3 nitrogen and oxygen atoms in total. The third kappa shape index (κ3) is 2.32. The van der Waals surface area contributed by atoms with Crippen LogP contribution >= 0.6 is 11.3 Å². The standard InChI is InChI=1S/C12H13N3S/c1-14-8-3-2-5-9-6-4-7-10-11(9)15-12(13)16-10/h4,6-7,14H,3,8H2,1H3,(H2,13,15). The van der Waals surface area contributed by atoms with Gasteiger partial charge in [0, 0.05) is 13.0 Å². The minimum atomic E-state index is 0.597. The zero-order valence-electron chi connectivity index (χ0n) is 9.08. The maximum Gasteiger partial charge on any atom is 0.181 e. The SMILES string of the molecule is CNCCC#Cc1cccc2sc(N)nc12. The number of nitrogen functional groups attached to an aromatic ring is 1. The van der Waals surface area contributed by atoms with Gasteiger partial charge in [-0.25, -0.2) is 4.98 Å². The van der Waals surface area contributed by atoms with Gasteiger partial charge < -0.3 is 11.1 Å². The molecule has 1 aromatic carbocycles. The first kappa shape index (κ1) is 10.9. The molecule has 1 heterocycles. The number of thiazole rings is 1. The van der Waals surface area contributed by atoms with E-state index in [0.29, 0.717) is 5.13 Å². The quantitative estimate of drug-likeness (QED) is 0.612. The number of benzene rings is 1. The molecule has 0 fully saturated rings. The zero-order valence-corrected chi connectivity index (χ0v) is 9.90. The maximum atomic E-state index is 5.69. The van der Waals surface area contributed by atoms with Gasteiger partial charge in [0.1, 0.15) is 0 Å². The first-order valence-corrected chi connectivity index (χ1v) is 5.91. The number of anilines is 1. The Morgan fingerprint density at radius 2 is 2.38 bits per heavy atom. The van der Waals surface area contributed by atoms with Crippen LogP contribution in [-0.4, -0.2) is 18.6 Å². The summed E-state index contributed by atoms with van der Waals surface area (Å²) in [6, 6.07) is 5.98. The van der Waals surface area contributed by atoms with Crippen molar-refractivity contribution in [3.05, 3.63) is 23.8 Å². The second-order valence-electron chi connectivity index (χ2n) is 3.36. The largest absolute Gasteiger partial charge is 0.375 e. The first-order valence-electron chi connectivity index (χ1n) is 5.10. The lowest BCUT2D eigenvalue weighted by atomic mass is 10.2. The first-order chi connectivity index (χ1) is 7.81. The van der Waals surface area contributed by atoms with Crippen LogP contribution in [0, 0.1) is 11.8 Å². The van der Waals surface area contributed by atoms with Gasteiger partial charge in [-0.3, -0.25) is 0 Å². The Bertz CT molecular complexity index is 548. The van der Waals surface area contributed by atoms with E-state index in [0.717, 1.165) is 28.7 Å². The van der Waals surface area contributed by atoms with E-state index in [4.69, 9.17) is 5.73 Å². The predicted molar refractivity (Wildman–Crippen MR) is 69.5 cm³/mol. The van der Waals surface area contributed by atoms with Crippen LogP contribution in [0.2, 0.25) is 0 Å². The Kier molecular flexibility index (Phi) is 3.40. The van der Waals surface area contributed by atoms with Crippen molar-refractivity contribution < 1.29 is 0 Å². The molecule has 2 aromatic rings. The molecule has 0 amide bonds. The number of nitrogens with zero attached hydrogens (tertiary/aromatic N) is 1. The van der Waals surface area contributed by atoms with Crippen molar-refractivity contribution in [1.29, 1.82) is 0 Å². The van der Waals surface area contributed by atoms with E-state index in [1.165, 1.54) is 11.3 Å². The van der Waals surface area contributed by atoms with Gasteiger partial charge >= 0.3 is 0 Å². The maximum absolute atomic E-state index is 5.69. The lowest BCUT2D eigenvalue weighted by molar-refractivity contribution is 0.818. The summed E-state index contributed by atoms with van der Waals surface area (Å²) in [4.78, 5) is 4.29. The van der Waals surface area contributed by atoms with E-state index in [1.807, 2.05) is 25.2 Å². The van der Waals surface area contributed by atoms with Crippen LogP contribution in [0.1, 0.15) is 12.0 Å². The zero-order chi connectivity index (χ0) is 11.4. The number of fused-ring (bicyclic) bond motifs is 1. The average Bonchev–Trinajstić information content (AvgIpc) is 2.65. The van der Waals surface area contributed by atoms with Crippen molar-refractivity contribution >= 4 is 26.7 Å². The van der Waals surface area contributed by atoms with Crippen LogP contribution in [0.3, 0.4) is 0 Å². The Labute approximate surface area is 98.7 Å². The van der Waals surface area contributed by atoms with Crippen molar-refractivity contribution in [3.63, 3.8) is 0 Å². The summed E-state index contributed by atoms with van der Waals surface area (Å²) in [6.45, 7) is 0.905. The van der Waals surface area contributed by atoms with Crippen molar-refractivity contribution in [3.8, 4) is 11.8 Å². The highest BCUT2D eigenvalue weighted by molar-refractivity contribution is 7.22. The molecule has 2 rings (SSSR count). The molecule has 0 saturated heterocycles. The van der Waals surface area contributed by atoms with E-state index in [2.05, 4.69) is 22.1 Å². The van der Waals surface area contributed by atoms with Crippen molar-refractivity contribution in [2.24, 2.45) is 0 Å². The lowest BCUT2D eigenvalue weighted by Gasteiger charge is -1.92. The van der Waals surface area contributed by atoms with E-state index in [-0.39, 0.29) is 0 Å². The summed E-state index contributed by atoms with van der Waals surface area (Å²) in [6.07, 6.45) is 0.840. The molecule has 16 heavy (non-hydrogen) atoms. The van der Waals surface area contributed by atoms with Crippen molar-refractivity contribution in [2.45, 2.75) is 6.42 Å². The van der Waals surface area contributed by atoms with Gasteiger partial charge in [-0.15, -0.1) is 0 Å². The van der Waals surface area contributed by atoms with E-state index in [9.17, 15) is 0 Å². The molecule has 0 aliphatic heterocycles. The third-order valence-electron chi connectivity index (χ3n) is 2.16. The van der Waals surface area contributed by atoms with Gasteiger partial charge in [0.15, 0.2) is 5.13 Å². The summed E-state index contributed by atoms with van der Waals surface area (Å²) in [5.41, 5.74) is 7.56. The number of para-hydroxylation sites is 1. The molecule has 0 unspecified atom stereocenters. The molecule has 0 aliphatic rings. The van der Waals surface area contributed by atoms with Crippen LogP contribution in [0.5, 0.6) is 0 Å². The molecule has 4 heteroatoms. The van der Waals surface area contributed by atoms with E-state index in [1.54, 1.807) is 0 Å². The number of rotatable bonds is 2. The van der Waals surface area contributed by atoms with Gasteiger partial charge in [-0.2, -0.15) is 0 Å². The molecule has 0 saturated carbocycles. The molecule has 0 spiro atoms. The Morgan fingerprint density at radius 3 is 3.19 bits per heavy atom. The second-order valence-corrected chi connectivity index (χ2v) is 4.42. The van der Waals surface area contributed by atoms with Crippen LogP contribution in [-0.2, 0) is 0 Å². The predicted octanol–water partition coefficient (Wildman–Crippen LogP) is 1.84. The molecular formula is C12H13N3S. The lowest BCUT2D eigenvalue weighted by Crippen LogP contribution is -2.05. The van der Waals surface area contributed by atoms with Crippen LogP contribution in [0.4, 0.5) is 5.13 Å². The minimum Gasteiger partial charge on any atom is -0.375 e. The van der Waals surface area contributed by atoms with Crippen LogP contribution in [0.25, 0.3) is 10.2 Å². The summed E-state index contributed by atoms with van der Waals surface area (Å²) >= 11 is 1.50. The summed E-state index contributed by atoms with van der Waals surface area (Å²) in [5.74, 6) is 6.25. The highest BCUT2D eigenvalue weighted by atomic mass is 32.1. The number of hydrogen-bond donors (Lipinski definition) is 2. The highest BCUT2D eigenvalue weighted by Gasteiger charge is 2.03. The number of aromatic nitrogens is 1. The van der Waals surface area contributed by atoms with Gasteiger partial charge in [0.05, 0.1) is 15.8 Å².